The number of benzene rings is 1. The van der Waals surface area contributed by atoms with Crippen molar-refractivity contribution in [2.75, 3.05) is 36.0 Å². The van der Waals surface area contributed by atoms with Gasteiger partial charge in [-0.3, -0.25) is 9.97 Å². The minimum absolute atomic E-state index is 0.118. The Hall–Kier alpha value is -4.62. The van der Waals surface area contributed by atoms with Crippen LogP contribution in [-0.4, -0.2) is 72.2 Å². The molecule has 1 aromatic carbocycles. The molecular weight excluding hydrogens is 633 g/mol. The summed E-state index contributed by atoms with van der Waals surface area (Å²) < 4.78 is 47.5. The number of piperazine rings is 1. The van der Waals surface area contributed by atoms with Gasteiger partial charge in [0.15, 0.2) is 11.4 Å². The molecule has 7 rings (SSSR count). The van der Waals surface area contributed by atoms with Crippen molar-refractivity contribution in [3.05, 3.63) is 102 Å². The summed E-state index contributed by atoms with van der Waals surface area (Å²) in [6, 6.07) is 14.6. The van der Waals surface area contributed by atoms with E-state index >= 15 is 8.78 Å². The van der Waals surface area contributed by atoms with Gasteiger partial charge < -0.3 is 20.0 Å². The second-order valence-electron chi connectivity index (χ2n) is 13.6. The van der Waals surface area contributed by atoms with Crippen LogP contribution in [0.5, 0.6) is 0 Å². The number of rotatable bonds is 8. The Kier molecular flexibility index (Phi) is 8.52. The first kappa shape index (κ1) is 32.9. The van der Waals surface area contributed by atoms with E-state index in [2.05, 4.69) is 49.1 Å². The van der Waals surface area contributed by atoms with E-state index in [9.17, 15) is 14.6 Å². The van der Waals surface area contributed by atoms with Crippen molar-refractivity contribution in [1.29, 1.82) is 0 Å². The van der Waals surface area contributed by atoms with E-state index in [0.717, 1.165) is 60.0 Å². The van der Waals surface area contributed by atoms with E-state index in [0.29, 0.717) is 17.2 Å². The van der Waals surface area contributed by atoms with E-state index < -0.39 is 47.5 Å². The number of anilines is 2. The van der Waals surface area contributed by atoms with Crippen molar-refractivity contribution in [2.45, 2.75) is 50.9 Å². The van der Waals surface area contributed by atoms with Gasteiger partial charge in [-0.1, -0.05) is 45.0 Å². The molecule has 0 spiro atoms. The first-order valence-corrected chi connectivity index (χ1v) is 16.6. The Balaban J connectivity index is 1.00. The van der Waals surface area contributed by atoms with Crippen molar-refractivity contribution < 1.29 is 23.4 Å². The second kappa shape index (κ2) is 12.7. The normalized spacial score (nSPS) is 23.6. The third-order valence-electron chi connectivity index (χ3n) is 10.5. The molecule has 2 aliphatic heterocycles. The van der Waals surface area contributed by atoms with Crippen LogP contribution in [0.15, 0.2) is 85.0 Å². The first-order chi connectivity index (χ1) is 23.5. The molecule has 1 aliphatic carbocycles. The Morgan fingerprint density at radius 2 is 1.55 bits per heavy atom. The predicted molar refractivity (Wildman–Crippen MR) is 179 cm³/mol. The number of tetrazole rings is 1. The average molecular weight is 673 g/mol. The molecule has 3 aromatic heterocycles. The van der Waals surface area contributed by atoms with Crippen molar-refractivity contribution >= 4 is 11.4 Å². The minimum atomic E-state index is -3.80. The maximum absolute atomic E-state index is 16.2. The van der Waals surface area contributed by atoms with Gasteiger partial charge in [-0.15, -0.1) is 5.10 Å². The highest BCUT2D eigenvalue weighted by molar-refractivity contribution is 5.66. The molecule has 5 heterocycles. The van der Waals surface area contributed by atoms with Gasteiger partial charge in [0.1, 0.15) is 11.5 Å². The van der Waals surface area contributed by atoms with E-state index in [1.54, 1.807) is 6.07 Å². The maximum atomic E-state index is 16.2. The minimum Gasteiger partial charge on any atom is -0.387 e. The maximum Gasteiger partial charge on any atom is 0.320 e. The molecular formula is C36H39F3N8O2. The number of nitrogens with zero attached hydrogens (tertiary/aromatic N) is 8. The number of allylic oxidation sites excluding steroid dienone is 3. The second-order valence-corrected chi connectivity index (χ2v) is 13.6. The van der Waals surface area contributed by atoms with Crippen LogP contribution >= 0.6 is 0 Å². The number of hydrogen-bond donors (Lipinski definition) is 2. The quantitative estimate of drug-likeness (QED) is 0.252. The van der Waals surface area contributed by atoms with Gasteiger partial charge in [0, 0.05) is 49.5 Å². The summed E-state index contributed by atoms with van der Waals surface area (Å²) in [6.07, 6.45) is 6.13. The number of pyridine rings is 2. The van der Waals surface area contributed by atoms with Crippen LogP contribution in [-0.2, 0) is 12.5 Å². The third kappa shape index (κ3) is 5.88. The number of hydrogen-bond acceptors (Lipinski definition) is 9. The Morgan fingerprint density at radius 3 is 2.18 bits per heavy atom. The zero-order valence-corrected chi connectivity index (χ0v) is 27.5. The van der Waals surface area contributed by atoms with Gasteiger partial charge in [0.05, 0.1) is 36.1 Å². The van der Waals surface area contributed by atoms with Crippen LogP contribution in [0.25, 0.3) is 11.1 Å². The van der Waals surface area contributed by atoms with Crippen LogP contribution in [0.2, 0.25) is 0 Å². The molecule has 10 nitrogen and oxygen atoms in total. The molecule has 49 heavy (non-hydrogen) atoms. The number of aromatic nitrogens is 6. The molecule has 0 saturated carbocycles. The van der Waals surface area contributed by atoms with E-state index in [1.165, 1.54) is 18.3 Å². The third-order valence-corrected chi connectivity index (χ3v) is 10.5. The van der Waals surface area contributed by atoms with Crippen molar-refractivity contribution in [1.82, 2.24) is 30.2 Å². The van der Waals surface area contributed by atoms with Crippen molar-refractivity contribution in [3.8, 4) is 11.1 Å². The highest BCUT2D eigenvalue weighted by atomic mass is 19.3. The standard InChI is InChI=1S/C36H39F3N8O2/c1-22(2)23(3)33(48)31-12-10-28(20-40-31)46-16-14-45(15-17-46)27-8-4-24(5-9-27)25-6-13-32(41-19-25)36(38,39)35(49)21-47-34(42-43-44-47)29-18-26(37)7-11-30(29)35/h4-13,18-20,22-23,29-30,33,48-49H,14-17,21H2,1-3H3/t23?,29?,30-,33?,35-/m0/s1. The van der Waals surface area contributed by atoms with Gasteiger partial charge in [0.25, 0.3) is 0 Å². The van der Waals surface area contributed by atoms with Gasteiger partial charge in [-0.05, 0) is 70.3 Å². The number of alkyl halides is 2. The fraction of sp³-hybridized carbons (Fsp3) is 0.417. The zero-order chi connectivity index (χ0) is 34.5. The lowest BCUT2D eigenvalue weighted by Crippen LogP contribution is -2.59. The SMILES string of the molecule is CC(C)C(C)C(O)c1ccc(N2CCN(c3ccc(-c4ccc(C(F)(F)[C@]5(O)Cn6nnnc6C6C=C(F)C=C[C@@H]65)nc4)cc3)CC2)cn1. The highest BCUT2D eigenvalue weighted by Crippen LogP contribution is 2.52. The van der Waals surface area contributed by atoms with Crippen molar-refractivity contribution in [3.63, 3.8) is 0 Å². The van der Waals surface area contributed by atoms with Crippen LogP contribution in [0.4, 0.5) is 24.5 Å². The fourth-order valence-electron chi connectivity index (χ4n) is 7.00. The molecule has 13 heteroatoms. The Bertz CT molecular complexity index is 1840. The summed E-state index contributed by atoms with van der Waals surface area (Å²) in [6.45, 7) is 8.91. The van der Waals surface area contributed by atoms with E-state index in [1.807, 2.05) is 49.5 Å². The summed E-state index contributed by atoms with van der Waals surface area (Å²) in [5, 5.41) is 33.4. The summed E-state index contributed by atoms with van der Waals surface area (Å²) in [5.41, 5.74) is 0.996. The van der Waals surface area contributed by atoms with Gasteiger partial charge in [0.2, 0.25) is 0 Å². The molecule has 1 fully saturated rings. The van der Waals surface area contributed by atoms with Crippen molar-refractivity contribution in [2.24, 2.45) is 17.8 Å². The summed E-state index contributed by atoms with van der Waals surface area (Å²) in [5.74, 6) is -5.83. The molecule has 2 N–H and O–H groups in total. The largest absolute Gasteiger partial charge is 0.387 e. The monoisotopic (exact) mass is 672 g/mol. The molecule has 1 saturated heterocycles. The topological polar surface area (TPSA) is 116 Å². The summed E-state index contributed by atoms with van der Waals surface area (Å²) in [7, 11) is 0. The van der Waals surface area contributed by atoms with Gasteiger partial charge in [-0.25, -0.2) is 9.07 Å². The average Bonchev–Trinajstić information content (AvgIpc) is 3.59. The number of fused-ring (bicyclic) bond motifs is 3. The first-order valence-electron chi connectivity index (χ1n) is 16.6. The molecule has 256 valence electrons. The van der Waals surface area contributed by atoms with Gasteiger partial charge in [-0.2, -0.15) is 8.78 Å². The lowest BCUT2D eigenvalue weighted by molar-refractivity contribution is -0.226. The fourth-order valence-corrected chi connectivity index (χ4v) is 7.00. The molecule has 0 bridgehead atoms. The Morgan fingerprint density at radius 1 is 0.878 bits per heavy atom. The number of aliphatic hydroxyl groups is 2. The molecule has 0 amide bonds. The van der Waals surface area contributed by atoms with Crippen LogP contribution in [0, 0.1) is 17.8 Å². The van der Waals surface area contributed by atoms with Gasteiger partial charge >= 0.3 is 5.92 Å². The number of aliphatic hydroxyl groups excluding tert-OH is 1. The predicted octanol–water partition coefficient (Wildman–Crippen LogP) is 5.44. The van der Waals surface area contributed by atoms with E-state index in [-0.39, 0.29) is 11.7 Å². The molecule has 3 aliphatic rings. The smallest absolute Gasteiger partial charge is 0.320 e. The molecule has 0 radical (unpaired) electrons. The van der Waals surface area contributed by atoms with Crippen LogP contribution < -0.4 is 9.80 Å². The molecule has 5 atom stereocenters. The number of halogens is 3. The van der Waals surface area contributed by atoms with Crippen LogP contribution in [0.3, 0.4) is 0 Å². The molecule has 4 aromatic rings. The lowest BCUT2D eigenvalue weighted by Gasteiger charge is -2.46. The molecule has 3 unspecified atom stereocenters. The zero-order valence-electron chi connectivity index (χ0n) is 27.5. The van der Waals surface area contributed by atoms with E-state index in [4.69, 9.17) is 0 Å². The lowest BCUT2D eigenvalue weighted by atomic mass is 9.69. The van der Waals surface area contributed by atoms with Crippen LogP contribution in [0.1, 0.15) is 50.0 Å². The Labute approximate surface area is 282 Å². The highest BCUT2D eigenvalue weighted by Gasteiger charge is 2.63. The summed E-state index contributed by atoms with van der Waals surface area (Å²) in [4.78, 5) is 13.2. The summed E-state index contributed by atoms with van der Waals surface area (Å²) >= 11 is 0.